The number of halogens is 1. The Morgan fingerprint density at radius 3 is 2.38 bits per heavy atom. The maximum Gasteiger partial charge on any atom is 0.243 e. The molecule has 4 heteroatoms. The highest BCUT2D eigenvalue weighted by molar-refractivity contribution is 5.87. The summed E-state index contributed by atoms with van der Waals surface area (Å²) in [7, 11) is 4.42. The second kappa shape index (κ2) is 8.59. The molecule has 1 unspecified atom stereocenters. The van der Waals surface area contributed by atoms with Gasteiger partial charge in [-0.3, -0.25) is 4.79 Å². The van der Waals surface area contributed by atoms with E-state index < -0.39 is 0 Å². The van der Waals surface area contributed by atoms with Crippen LogP contribution in [0.4, 0.5) is 0 Å². The van der Waals surface area contributed by atoms with E-state index in [9.17, 15) is 4.79 Å². The summed E-state index contributed by atoms with van der Waals surface area (Å²) in [6, 6.07) is 0.277. The van der Waals surface area contributed by atoms with Crippen LogP contribution in [0, 0.1) is 0 Å². The molecule has 0 aliphatic carbocycles. The quantitative estimate of drug-likeness (QED) is 0.434. The Hall–Kier alpha value is -0.540. The summed E-state index contributed by atoms with van der Waals surface area (Å²) < 4.78 is 1.00. The lowest BCUT2D eigenvalue weighted by molar-refractivity contribution is -0.888. The van der Waals surface area contributed by atoms with Gasteiger partial charge < -0.3 is 22.2 Å². The molecule has 0 radical (unpaired) electrons. The SMILES string of the molecule is C=CC(=O)NC(CC)CC[N+](C)(C)CC.[Cl-]. The van der Waals surface area contributed by atoms with Gasteiger partial charge in [0.25, 0.3) is 0 Å². The number of rotatable bonds is 7. The molecule has 0 heterocycles. The van der Waals surface area contributed by atoms with Gasteiger partial charge in [0.1, 0.15) is 0 Å². The lowest BCUT2D eigenvalue weighted by atomic mass is 10.1. The van der Waals surface area contributed by atoms with Gasteiger partial charge in [0.15, 0.2) is 0 Å². The summed E-state index contributed by atoms with van der Waals surface area (Å²) in [6.45, 7) is 9.94. The molecule has 96 valence electrons. The van der Waals surface area contributed by atoms with Gasteiger partial charge in [-0.15, -0.1) is 0 Å². The van der Waals surface area contributed by atoms with Crippen molar-refractivity contribution in [3.8, 4) is 0 Å². The zero-order valence-corrected chi connectivity index (χ0v) is 11.7. The minimum absolute atomic E-state index is 0. The van der Waals surface area contributed by atoms with Crippen molar-refractivity contribution >= 4 is 5.91 Å². The molecule has 0 spiro atoms. The fraction of sp³-hybridized carbons (Fsp3) is 0.750. The second-order valence-corrected chi connectivity index (χ2v) is 4.58. The molecule has 1 amide bonds. The number of nitrogens with one attached hydrogen (secondary N) is 1. The van der Waals surface area contributed by atoms with E-state index in [0.717, 1.165) is 30.4 Å². The number of hydrogen-bond acceptors (Lipinski definition) is 1. The van der Waals surface area contributed by atoms with E-state index >= 15 is 0 Å². The zero-order valence-electron chi connectivity index (χ0n) is 10.9. The van der Waals surface area contributed by atoms with Crippen molar-refractivity contribution in [2.45, 2.75) is 32.7 Å². The Morgan fingerprint density at radius 1 is 1.44 bits per heavy atom. The fourth-order valence-corrected chi connectivity index (χ4v) is 1.30. The summed E-state index contributed by atoms with van der Waals surface area (Å²) in [6.07, 6.45) is 3.34. The predicted octanol–water partition coefficient (Wildman–Crippen LogP) is -1.44. The monoisotopic (exact) mass is 248 g/mol. The van der Waals surface area contributed by atoms with E-state index in [1.807, 2.05) is 0 Å². The summed E-state index contributed by atoms with van der Waals surface area (Å²) in [5.41, 5.74) is 0. The van der Waals surface area contributed by atoms with E-state index in [1.54, 1.807) is 0 Å². The molecule has 0 fully saturated rings. The first-order valence-corrected chi connectivity index (χ1v) is 5.70. The topological polar surface area (TPSA) is 29.1 Å². The lowest BCUT2D eigenvalue weighted by Gasteiger charge is -2.30. The molecular weight excluding hydrogens is 224 g/mol. The van der Waals surface area contributed by atoms with Crippen LogP contribution in [0.25, 0.3) is 0 Å². The normalized spacial score (nSPS) is 12.5. The van der Waals surface area contributed by atoms with Crippen LogP contribution in [-0.2, 0) is 4.79 Å². The minimum atomic E-state index is -0.0661. The molecule has 0 aromatic rings. The molecular formula is C12H25ClN2O. The highest BCUT2D eigenvalue weighted by atomic mass is 35.5. The number of amides is 1. The maximum atomic E-state index is 11.1. The van der Waals surface area contributed by atoms with E-state index in [-0.39, 0.29) is 24.4 Å². The summed E-state index contributed by atoms with van der Waals surface area (Å²) >= 11 is 0. The minimum Gasteiger partial charge on any atom is -1.00 e. The Morgan fingerprint density at radius 2 is 2.00 bits per heavy atom. The van der Waals surface area contributed by atoms with Gasteiger partial charge in [-0.2, -0.15) is 0 Å². The average molecular weight is 249 g/mol. The second-order valence-electron chi connectivity index (χ2n) is 4.58. The third kappa shape index (κ3) is 7.71. The van der Waals surface area contributed by atoms with Crippen molar-refractivity contribution in [3.63, 3.8) is 0 Å². The highest BCUT2D eigenvalue weighted by Crippen LogP contribution is 2.04. The molecule has 1 atom stereocenters. The highest BCUT2D eigenvalue weighted by Gasteiger charge is 2.16. The van der Waals surface area contributed by atoms with Crippen LogP contribution in [0.5, 0.6) is 0 Å². The van der Waals surface area contributed by atoms with Gasteiger partial charge in [0, 0.05) is 12.5 Å². The Kier molecular flexibility index (Phi) is 9.58. The largest absolute Gasteiger partial charge is 1.00 e. The van der Waals surface area contributed by atoms with Crippen molar-refractivity contribution < 1.29 is 21.7 Å². The van der Waals surface area contributed by atoms with E-state index in [1.165, 1.54) is 6.08 Å². The molecule has 0 aromatic carbocycles. The maximum absolute atomic E-state index is 11.1. The third-order valence-corrected chi connectivity index (χ3v) is 2.96. The molecule has 0 aromatic heterocycles. The van der Waals surface area contributed by atoms with Crippen LogP contribution < -0.4 is 17.7 Å². The molecule has 0 saturated heterocycles. The number of hydrogen-bond donors (Lipinski definition) is 1. The molecule has 16 heavy (non-hydrogen) atoms. The van der Waals surface area contributed by atoms with E-state index in [0.29, 0.717) is 0 Å². The number of carbonyl (C=O) groups is 1. The lowest BCUT2D eigenvalue weighted by Crippen LogP contribution is -3.00. The first-order valence-electron chi connectivity index (χ1n) is 5.70. The van der Waals surface area contributed by atoms with Crippen molar-refractivity contribution in [2.75, 3.05) is 27.2 Å². The number of quaternary nitrogens is 1. The summed E-state index contributed by atoms with van der Waals surface area (Å²) in [5, 5.41) is 2.95. The van der Waals surface area contributed by atoms with Crippen molar-refractivity contribution in [1.29, 1.82) is 0 Å². The van der Waals surface area contributed by atoms with E-state index in [2.05, 4.69) is 39.8 Å². The first-order chi connectivity index (χ1) is 6.95. The molecule has 1 N–H and O–H groups in total. The fourth-order valence-electron chi connectivity index (χ4n) is 1.30. The Balaban J connectivity index is 0. The Labute approximate surface area is 106 Å². The zero-order chi connectivity index (χ0) is 11.9. The van der Waals surface area contributed by atoms with E-state index in [4.69, 9.17) is 0 Å². The third-order valence-electron chi connectivity index (χ3n) is 2.96. The van der Waals surface area contributed by atoms with Gasteiger partial charge in [0.2, 0.25) is 5.91 Å². The van der Waals surface area contributed by atoms with Crippen LogP contribution in [0.3, 0.4) is 0 Å². The van der Waals surface area contributed by atoms with Gasteiger partial charge in [-0.05, 0) is 19.4 Å². The summed E-state index contributed by atoms with van der Waals surface area (Å²) in [4.78, 5) is 11.1. The van der Waals surface area contributed by atoms with Crippen LogP contribution in [0.1, 0.15) is 26.7 Å². The van der Waals surface area contributed by atoms with Gasteiger partial charge in [-0.25, -0.2) is 0 Å². The standard InChI is InChI=1S/C12H24N2O.ClH/c1-6-11(13-12(15)7-2)9-10-14(4,5)8-3;/h7,11H,2,6,8-10H2,1,3-5H3;1H. The molecule has 0 rings (SSSR count). The Bertz CT molecular complexity index is 217. The number of carbonyl (C=O) groups excluding carboxylic acids is 1. The average Bonchev–Trinajstić information content (AvgIpc) is 2.23. The van der Waals surface area contributed by atoms with Crippen LogP contribution in [0.15, 0.2) is 12.7 Å². The van der Waals surface area contributed by atoms with Crippen molar-refractivity contribution in [3.05, 3.63) is 12.7 Å². The van der Waals surface area contributed by atoms with Gasteiger partial charge in [-0.1, -0.05) is 13.5 Å². The molecule has 3 nitrogen and oxygen atoms in total. The van der Waals surface area contributed by atoms with Crippen LogP contribution in [-0.4, -0.2) is 43.6 Å². The molecule has 0 bridgehead atoms. The smallest absolute Gasteiger partial charge is 0.243 e. The van der Waals surface area contributed by atoms with Crippen LogP contribution >= 0.6 is 0 Å². The molecule has 0 aliphatic heterocycles. The van der Waals surface area contributed by atoms with Crippen molar-refractivity contribution in [1.82, 2.24) is 5.32 Å². The number of nitrogens with zero attached hydrogens (tertiary/aromatic N) is 1. The van der Waals surface area contributed by atoms with Gasteiger partial charge in [0.05, 0.1) is 27.2 Å². The predicted molar refractivity (Wildman–Crippen MR) is 64.6 cm³/mol. The molecule has 0 saturated carbocycles. The van der Waals surface area contributed by atoms with Crippen LogP contribution in [0.2, 0.25) is 0 Å². The van der Waals surface area contributed by atoms with Gasteiger partial charge >= 0.3 is 0 Å². The summed E-state index contributed by atoms with van der Waals surface area (Å²) in [5.74, 6) is -0.0661. The first kappa shape index (κ1) is 17.8. The molecule has 0 aliphatic rings. The van der Waals surface area contributed by atoms with Crippen molar-refractivity contribution in [2.24, 2.45) is 0 Å².